The summed E-state index contributed by atoms with van der Waals surface area (Å²) in [6.45, 7) is 0. The van der Waals surface area contributed by atoms with Crippen molar-refractivity contribution in [2.24, 2.45) is 0 Å². The molecule has 0 N–H and O–H groups in total. The molecule has 1 rings (SSSR count). The fraction of sp³-hybridized carbons (Fsp3) is 0.100. The molecule has 0 saturated carbocycles. The fourth-order valence-electron chi connectivity index (χ4n) is 0.956. The van der Waals surface area contributed by atoms with E-state index in [4.69, 9.17) is 0 Å². The van der Waals surface area contributed by atoms with Gasteiger partial charge in [-0.25, -0.2) is 4.39 Å². The normalized spacial score (nSPS) is 8.87. The predicted octanol–water partition coefficient (Wildman–Crippen LogP) is 1.67. The van der Waals surface area contributed by atoms with Gasteiger partial charge in [-0.1, -0.05) is 11.8 Å². The number of carbonyl (C=O) groups excluding carboxylic acids is 1. The molecule has 0 radical (unpaired) electrons. The van der Waals surface area contributed by atoms with Gasteiger partial charge in [0.15, 0.2) is 0 Å². The average molecular weight is 207 g/mol. The van der Waals surface area contributed by atoms with Gasteiger partial charge < -0.3 is 4.79 Å². The van der Waals surface area contributed by atoms with Crippen LogP contribution in [0.15, 0.2) is 18.2 Å². The van der Waals surface area contributed by atoms with Gasteiger partial charge in [0.2, 0.25) is 0 Å². The van der Waals surface area contributed by atoms with Crippen molar-refractivity contribution in [3.8, 4) is 11.8 Å². The predicted molar refractivity (Wildman–Crippen MR) is 50.6 cm³/mol. The molecule has 15 heavy (non-hydrogen) atoms. The molecule has 0 atom stereocenters. The van der Waals surface area contributed by atoms with E-state index in [2.05, 4.69) is 11.8 Å². The molecule has 0 aliphatic heterocycles. The highest BCUT2D eigenvalue weighted by Crippen LogP contribution is 2.18. The van der Waals surface area contributed by atoms with E-state index in [-0.39, 0.29) is 17.7 Å². The molecular formula is C10H6FNO3. The monoisotopic (exact) mass is 207 g/mol. The maximum Gasteiger partial charge on any atom is 0.285 e. The minimum atomic E-state index is -0.648. The number of nitrogens with zero attached hydrogens (tertiary/aromatic N) is 1. The average Bonchev–Trinajstić information content (AvgIpc) is 2.18. The number of nitro groups is 1. The topological polar surface area (TPSA) is 60.2 Å². The Morgan fingerprint density at radius 3 is 2.87 bits per heavy atom. The van der Waals surface area contributed by atoms with Gasteiger partial charge in [-0.05, 0) is 12.1 Å². The van der Waals surface area contributed by atoms with Crippen LogP contribution in [0.5, 0.6) is 0 Å². The molecule has 0 aromatic heterocycles. The van der Waals surface area contributed by atoms with Crippen molar-refractivity contribution < 1.29 is 14.1 Å². The van der Waals surface area contributed by atoms with Crippen LogP contribution in [0.2, 0.25) is 0 Å². The Bertz CT molecular complexity index is 459. The number of benzene rings is 1. The van der Waals surface area contributed by atoms with Crippen molar-refractivity contribution in [2.45, 2.75) is 6.42 Å². The van der Waals surface area contributed by atoms with Gasteiger partial charge in [-0.15, -0.1) is 0 Å². The number of halogens is 1. The second kappa shape index (κ2) is 4.86. The first kappa shape index (κ1) is 10.9. The molecule has 0 aliphatic carbocycles. The summed E-state index contributed by atoms with van der Waals surface area (Å²) in [6.07, 6.45) is 0.534. The Kier molecular flexibility index (Phi) is 3.52. The van der Waals surface area contributed by atoms with E-state index in [1.54, 1.807) is 0 Å². The highest BCUT2D eigenvalue weighted by Gasteiger charge is 2.11. The summed E-state index contributed by atoms with van der Waals surface area (Å²) in [6, 6.07) is 3.00. The van der Waals surface area contributed by atoms with Crippen LogP contribution in [-0.2, 0) is 4.79 Å². The van der Waals surface area contributed by atoms with Crippen LogP contribution in [0, 0.1) is 27.8 Å². The number of carbonyl (C=O) groups is 1. The zero-order chi connectivity index (χ0) is 11.3. The maximum absolute atomic E-state index is 12.8. The molecule has 1 aromatic rings. The summed E-state index contributed by atoms with van der Waals surface area (Å²) in [5.74, 6) is 4.16. The number of hydrogen-bond acceptors (Lipinski definition) is 3. The lowest BCUT2D eigenvalue weighted by Crippen LogP contribution is -1.92. The fourth-order valence-corrected chi connectivity index (χ4v) is 0.956. The molecule has 1 aromatic carbocycles. The summed E-state index contributed by atoms with van der Waals surface area (Å²) >= 11 is 0. The minimum Gasteiger partial charge on any atom is -0.302 e. The van der Waals surface area contributed by atoms with Crippen LogP contribution in [0.25, 0.3) is 0 Å². The van der Waals surface area contributed by atoms with Gasteiger partial charge in [0.05, 0.1) is 11.3 Å². The molecule has 76 valence electrons. The molecule has 0 saturated heterocycles. The Balaban J connectivity index is 3.14. The third-order valence-electron chi connectivity index (χ3n) is 1.56. The van der Waals surface area contributed by atoms with Crippen LogP contribution >= 0.6 is 0 Å². The van der Waals surface area contributed by atoms with Crippen LogP contribution in [0.4, 0.5) is 10.1 Å². The first-order valence-corrected chi connectivity index (χ1v) is 4.01. The molecule has 0 heterocycles. The molecule has 5 heteroatoms. The third kappa shape index (κ3) is 2.88. The SMILES string of the molecule is O=CCC#Cc1cc(F)ccc1[N+](=O)[O-]. The first-order chi connectivity index (χ1) is 7.15. The first-order valence-electron chi connectivity index (χ1n) is 4.01. The molecule has 0 amide bonds. The Hall–Kier alpha value is -2.22. The van der Waals surface area contributed by atoms with E-state index in [9.17, 15) is 19.3 Å². The van der Waals surface area contributed by atoms with Gasteiger partial charge in [0.1, 0.15) is 17.7 Å². The molecule has 4 nitrogen and oxygen atoms in total. The smallest absolute Gasteiger partial charge is 0.285 e. The summed E-state index contributed by atoms with van der Waals surface area (Å²) in [5, 5.41) is 10.5. The summed E-state index contributed by atoms with van der Waals surface area (Å²) in [4.78, 5) is 19.8. The van der Waals surface area contributed by atoms with Crippen molar-refractivity contribution in [2.75, 3.05) is 0 Å². The number of hydrogen-bond donors (Lipinski definition) is 0. The van der Waals surface area contributed by atoms with Gasteiger partial charge in [0, 0.05) is 6.07 Å². The highest BCUT2D eigenvalue weighted by molar-refractivity contribution is 5.57. The van der Waals surface area contributed by atoms with Gasteiger partial charge in [-0.3, -0.25) is 10.1 Å². The largest absolute Gasteiger partial charge is 0.302 e. The second-order valence-electron chi connectivity index (χ2n) is 2.59. The van der Waals surface area contributed by atoms with Gasteiger partial charge in [-0.2, -0.15) is 0 Å². The van der Waals surface area contributed by atoms with E-state index in [0.29, 0.717) is 6.29 Å². The van der Waals surface area contributed by atoms with E-state index in [1.165, 1.54) is 0 Å². The van der Waals surface area contributed by atoms with Gasteiger partial charge >= 0.3 is 0 Å². The number of nitro benzene ring substituents is 1. The van der Waals surface area contributed by atoms with Gasteiger partial charge in [0.25, 0.3) is 5.69 Å². The van der Waals surface area contributed by atoms with Crippen molar-refractivity contribution >= 4 is 12.0 Å². The molecule has 0 spiro atoms. The van der Waals surface area contributed by atoms with E-state index in [0.717, 1.165) is 18.2 Å². The van der Waals surface area contributed by atoms with E-state index >= 15 is 0 Å². The summed E-state index contributed by atoms with van der Waals surface area (Å²) in [7, 11) is 0. The van der Waals surface area contributed by atoms with Crippen molar-refractivity contribution in [1.82, 2.24) is 0 Å². The lowest BCUT2D eigenvalue weighted by Gasteiger charge is -1.94. The third-order valence-corrected chi connectivity index (χ3v) is 1.56. The number of rotatable bonds is 2. The minimum absolute atomic E-state index is 0.0261. The zero-order valence-corrected chi connectivity index (χ0v) is 7.57. The zero-order valence-electron chi connectivity index (χ0n) is 7.57. The van der Waals surface area contributed by atoms with Crippen LogP contribution in [0.1, 0.15) is 12.0 Å². The Labute approximate surface area is 84.9 Å². The van der Waals surface area contributed by atoms with Crippen molar-refractivity contribution in [3.05, 3.63) is 39.7 Å². The molecule has 0 unspecified atom stereocenters. The quantitative estimate of drug-likeness (QED) is 0.321. The summed E-state index contributed by atoms with van der Waals surface area (Å²) in [5.41, 5.74) is -0.295. The van der Waals surface area contributed by atoms with Crippen molar-refractivity contribution in [3.63, 3.8) is 0 Å². The van der Waals surface area contributed by atoms with Crippen molar-refractivity contribution in [1.29, 1.82) is 0 Å². The Morgan fingerprint density at radius 2 is 2.27 bits per heavy atom. The van der Waals surface area contributed by atoms with E-state index < -0.39 is 10.7 Å². The summed E-state index contributed by atoms with van der Waals surface area (Å²) < 4.78 is 12.8. The second-order valence-corrected chi connectivity index (χ2v) is 2.59. The van der Waals surface area contributed by atoms with Crippen LogP contribution < -0.4 is 0 Å². The number of aldehydes is 1. The highest BCUT2D eigenvalue weighted by atomic mass is 19.1. The molecule has 0 bridgehead atoms. The molecular weight excluding hydrogens is 201 g/mol. The lowest BCUT2D eigenvalue weighted by atomic mass is 10.2. The van der Waals surface area contributed by atoms with E-state index in [1.807, 2.05) is 0 Å². The molecule has 0 fully saturated rings. The van der Waals surface area contributed by atoms with Crippen LogP contribution in [0.3, 0.4) is 0 Å². The standard InChI is InChI=1S/C10H6FNO3/c11-9-4-5-10(12(14)15)8(7-9)3-1-2-6-13/h4-7H,2H2. The lowest BCUT2D eigenvalue weighted by molar-refractivity contribution is -0.385. The molecule has 0 aliphatic rings. The van der Waals surface area contributed by atoms with Crippen LogP contribution in [-0.4, -0.2) is 11.2 Å². The maximum atomic E-state index is 12.8. The Morgan fingerprint density at radius 1 is 1.53 bits per heavy atom.